The molecule has 24 heavy (non-hydrogen) atoms. The number of aromatic amines is 1. The van der Waals surface area contributed by atoms with Gasteiger partial charge in [-0.25, -0.2) is 4.68 Å². The van der Waals surface area contributed by atoms with Gasteiger partial charge in [-0.05, 0) is 13.8 Å². The third kappa shape index (κ3) is 3.15. The van der Waals surface area contributed by atoms with Crippen molar-refractivity contribution in [2.75, 3.05) is 19.6 Å². The number of hydrogen-bond donors (Lipinski definition) is 1. The molecular weight excluding hydrogens is 310 g/mol. The third-order valence-corrected chi connectivity index (χ3v) is 4.26. The molecule has 0 bridgehead atoms. The summed E-state index contributed by atoms with van der Waals surface area (Å²) in [6, 6.07) is 0. The summed E-state index contributed by atoms with van der Waals surface area (Å²) < 4.78 is 1.42. The highest BCUT2D eigenvalue weighted by atomic mass is 16.2. The molecule has 3 rings (SSSR count). The summed E-state index contributed by atoms with van der Waals surface area (Å²) in [5.74, 6) is -0.215. The third-order valence-electron chi connectivity index (χ3n) is 4.26. The molecule has 0 saturated carbocycles. The minimum absolute atomic E-state index is 0.0371. The Kier molecular flexibility index (Phi) is 4.59. The van der Waals surface area contributed by atoms with Crippen LogP contribution in [0.3, 0.4) is 0 Å². The first-order valence-corrected chi connectivity index (χ1v) is 8.10. The molecule has 9 nitrogen and oxygen atoms in total. The van der Waals surface area contributed by atoms with Crippen LogP contribution in [0.4, 0.5) is 0 Å². The van der Waals surface area contributed by atoms with Crippen molar-refractivity contribution in [3.05, 3.63) is 29.3 Å². The quantitative estimate of drug-likeness (QED) is 0.835. The number of carbonyl (C=O) groups is 2. The second kappa shape index (κ2) is 6.81. The molecule has 128 valence electrons. The summed E-state index contributed by atoms with van der Waals surface area (Å²) in [6.45, 7) is 6.37. The molecule has 0 fully saturated rings. The van der Waals surface area contributed by atoms with Crippen LogP contribution in [0, 0.1) is 0 Å². The van der Waals surface area contributed by atoms with Crippen molar-refractivity contribution >= 4 is 11.8 Å². The lowest BCUT2D eigenvalue weighted by molar-refractivity contribution is -0.131. The lowest BCUT2D eigenvalue weighted by Crippen LogP contribution is -2.36. The average Bonchev–Trinajstić information content (AvgIpc) is 3.23. The molecule has 1 N–H and O–H groups in total. The number of hydrogen-bond acceptors (Lipinski definition) is 5. The highest BCUT2D eigenvalue weighted by Crippen LogP contribution is 2.17. The van der Waals surface area contributed by atoms with E-state index >= 15 is 0 Å². The molecule has 1 aliphatic rings. The number of H-pyrrole nitrogens is 1. The summed E-state index contributed by atoms with van der Waals surface area (Å²) in [5.41, 5.74) is 2.36. The van der Waals surface area contributed by atoms with E-state index in [2.05, 4.69) is 20.5 Å². The van der Waals surface area contributed by atoms with E-state index in [0.29, 0.717) is 26.2 Å². The molecule has 2 aromatic rings. The maximum Gasteiger partial charge on any atom is 0.276 e. The lowest BCUT2D eigenvalue weighted by atomic mass is 10.1. The molecule has 0 spiro atoms. The van der Waals surface area contributed by atoms with Crippen molar-refractivity contribution in [1.29, 1.82) is 0 Å². The minimum atomic E-state index is -0.177. The maximum absolute atomic E-state index is 12.6. The van der Waals surface area contributed by atoms with Crippen molar-refractivity contribution in [2.24, 2.45) is 0 Å². The first-order valence-electron chi connectivity index (χ1n) is 8.10. The standard InChI is InChI=1S/C15H21N7O2/c1-3-20(4-2)14(23)10-22-9-13(18-19-22)15(24)21-6-5-12-11(8-21)7-16-17-12/h7,9H,3-6,8,10H2,1-2H3,(H,16,17). The van der Waals surface area contributed by atoms with Crippen LogP contribution in [0.25, 0.3) is 0 Å². The van der Waals surface area contributed by atoms with Gasteiger partial charge in [-0.15, -0.1) is 5.10 Å². The van der Waals surface area contributed by atoms with E-state index in [1.54, 1.807) is 16.0 Å². The summed E-state index contributed by atoms with van der Waals surface area (Å²) >= 11 is 0. The van der Waals surface area contributed by atoms with Gasteiger partial charge in [-0.2, -0.15) is 5.10 Å². The average molecular weight is 331 g/mol. The first-order chi connectivity index (χ1) is 11.6. The number of likely N-dealkylation sites (N-methyl/N-ethyl adjacent to an activating group) is 1. The van der Waals surface area contributed by atoms with Gasteiger partial charge in [0.2, 0.25) is 5.91 Å². The van der Waals surface area contributed by atoms with Crippen LogP contribution in [0.15, 0.2) is 12.4 Å². The van der Waals surface area contributed by atoms with Gasteiger partial charge in [0.1, 0.15) is 6.54 Å². The van der Waals surface area contributed by atoms with Crippen molar-refractivity contribution in [3.8, 4) is 0 Å². The first kappa shape index (κ1) is 16.2. The van der Waals surface area contributed by atoms with Crippen LogP contribution in [-0.2, 0) is 24.3 Å². The van der Waals surface area contributed by atoms with Crippen molar-refractivity contribution < 1.29 is 9.59 Å². The predicted molar refractivity (Wildman–Crippen MR) is 85.0 cm³/mol. The van der Waals surface area contributed by atoms with E-state index in [-0.39, 0.29) is 24.1 Å². The Morgan fingerprint density at radius 1 is 1.33 bits per heavy atom. The molecule has 9 heteroatoms. The van der Waals surface area contributed by atoms with E-state index in [1.165, 1.54) is 10.9 Å². The maximum atomic E-state index is 12.6. The fourth-order valence-corrected chi connectivity index (χ4v) is 2.85. The van der Waals surface area contributed by atoms with Crippen molar-refractivity contribution in [2.45, 2.75) is 33.4 Å². The van der Waals surface area contributed by atoms with E-state index in [4.69, 9.17) is 0 Å². The Balaban J connectivity index is 1.65. The van der Waals surface area contributed by atoms with Gasteiger partial charge in [0.25, 0.3) is 5.91 Å². The molecule has 2 amide bonds. The Bertz CT molecular complexity index is 732. The molecule has 0 aliphatic carbocycles. The SMILES string of the molecule is CCN(CC)C(=O)Cn1cc(C(=O)N2CCc3[nH]ncc3C2)nn1. The Hall–Kier alpha value is -2.71. The highest BCUT2D eigenvalue weighted by molar-refractivity contribution is 5.92. The zero-order chi connectivity index (χ0) is 17.1. The van der Waals surface area contributed by atoms with E-state index in [0.717, 1.165) is 17.7 Å². The molecule has 2 aromatic heterocycles. The number of aromatic nitrogens is 5. The number of amides is 2. The summed E-state index contributed by atoms with van der Waals surface area (Å²) in [7, 11) is 0. The summed E-state index contributed by atoms with van der Waals surface area (Å²) in [6.07, 6.45) is 4.03. The zero-order valence-corrected chi connectivity index (χ0v) is 13.9. The molecule has 3 heterocycles. The summed E-state index contributed by atoms with van der Waals surface area (Å²) in [4.78, 5) is 28.1. The fraction of sp³-hybridized carbons (Fsp3) is 0.533. The van der Waals surface area contributed by atoms with Crippen LogP contribution in [0.2, 0.25) is 0 Å². The topological polar surface area (TPSA) is 100 Å². The van der Waals surface area contributed by atoms with Crippen LogP contribution >= 0.6 is 0 Å². The van der Waals surface area contributed by atoms with Gasteiger partial charge in [0.15, 0.2) is 5.69 Å². The monoisotopic (exact) mass is 331 g/mol. The van der Waals surface area contributed by atoms with Gasteiger partial charge in [-0.1, -0.05) is 5.21 Å². The predicted octanol–water partition coefficient (Wildman–Crippen LogP) is 0.0681. The van der Waals surface area contributed by atoms with E-state index < -0.39 is 0 Å². The number of nitrogens with one attached hydrogen (secondary N) is 1. The fourth-order valence-electron chi connectivity index (χ4n) is 2.85. The smallest absolute Gasteiger partial charge is 0.276 e. The molecule has 0 aromatic carbocycles. The number of nitrogens with zero attached hydrogens (tertiary/aromatic N) is 6. The van der Waals surface area contributed by atoms with Crippen molar-refractivity contribution in [3.63, 3.8) is 0 Å². The number of fused-ring (bicyclic) bond motifs is 1. The van der Waals surface area contributed by atoms with Crippen LogP contribution in [-0.4, -0.2) is 66.4 Å². The minimum Gasteiger partial charge on any atom is -0.342 e. The largest absolute Gasteiger partial charge is 0.342 e. The van der Waals surface area contributed by atoms with Gasteiger partial charge in [-0.3, -0.25) is 14.7 Å². The van der Waals surface area contributed by atoms with Crippen LogP contribution < -0.4 is 0 Å². The second-order valence-electron chi connectivity index (χ2n) is 5.72. The molecule has 0 saturated heterocycles. The molecule has 0 radical (unpaired) electrons. The number of rotatable bonds is 5. The normalized spacial score (nSPS) is 13.7. The Labute approximate surface area is 139 Å². The van der Waals surface area contributed by atoms with Crippen LogP contribution in [0.1, 0.15) is 35.6 Å². The molecule has 0 atom stereocenters. The van der Waals surface area contributed by atoms with Gasteiger partial charge in [0, 0.05) is 43.9 Å². The van der Waals surface area contributed by atoms with E-state index in [1.807, 2.05) is 13.8 Å². The Morgan fingerprint density at radius 2 is 2.12 bits per heavy atom. The van der Waals surface area contributed by atoms with E-state index in [9.17, 15) is 9.59 Å². The molecule has 1 aliphatic heterocycles. The van der Waals surface area contributed by atoms with Gasteiger partial charge >= 0.3 is 0 Å². The number of carbonyl (C=O) groups excluding carboxylic acids is 2. The van der Waals surface area contributed by atoms with Crippen LogP contribution in [0.5, 0.6) is 0 Å². The van der Waals surface area contributed by atoms with Gasteiger partial charge in [0.05, 0.1) is 12.4 Å². The second-order valence-corrected chi connectivity index (χ2v) is 5.72. The zero-order valence-electron chi connectivity index (χ0n) is 13.9. The highest BCUT2D eigenvalue weighted by Gasteiger charge is 2.25. The molecular formula is C15H21N7O2. The molecule has 0 unspecified atom stereocenters. The lowest BCUT2D eigenvalue weighted by Gasteiger charge is -2.25. The summed E-state index contributed by atoms with van der Waals surface area (Å²) in [5, 5.41) is 14.8. The Morgan fingerprint density at radius 3 is 2.88 bits per heavy atom. The van der Waals surface area contributed by atoms with Crippen molar-refractivity contribution in [1.82, 2.24) is 35.0 Å². The van der Waals surface area contributed by atoms with Gasteiger partial charge < -0.3 is 9.80 Å².